The van der Waals surface area contributed by atoms with Gasteiger partial charge in [0.2, 0.25) is 0 Å². The molecule has 2 aliphatic rings. The number of hydrogen-bond acceptors (Lipinski definition) is 8. The molecule has 1 aromatic carbocycles. The maximum Gasteiger partial charge on any atom is 0.275 e. The minimum Gasteiger partial charge on any atom is -0.486 e. The standard InChI is InChI=1S/C21H20N4O3S2/c26-20(23-15-2-3-17-18(11-15)28-8-7-27-17)16-13-30-21(24-16)14-1-4-19(22-12-14)25-5-9-29-10-6-25/h1-4,11-13H,5-10H2,(H,23,26). The van der Waals surface area contributed by atoms with Crippen LogP contribution in [0, 0.1) is 0 Å². The zero-order chi connectivity index (χ0) is 20.3. The van der Waals surface area contributed by atoms with E-state index in [-0.39, 0.29) is 5.91 Å². The first-order chi connectivity index (χ1) is 14.8. The fourth-order valence-corrected chi connectivity index (χ4v) is 5.01. The molecule has 0 unspecified atom stereocenters. The van der Waals surface area contributed by atoms with Crippen LogP contribution in [-0.4, -0.2) is 53.7 Å². The lowest BCUT2D eigenvalue weighted by atomic mass is 10.2. The number of hydrogen-bond donors (Lipinski definition) is 1. The summed E-state index contributed by atoms with van der Waals surface area (Å²) in [6.07, 6.45) is 1.83. The van der Waals surface area contributed by atoms with Crippen LogP contribution in [0.5, 0.6) is 11.5 Å². The summed E-state index contributed by atoms with van der Waals surface area (Å²) in [5.41, 5.74) is 1.93. The van der Waals surface area contributed by atoms with Gasteiger partial charge in [-0.05, 0) is 24.3 Å². The Morgan fingerprint density at radius 1 is 1.07 bits per heavy atom. The van der Waals surface area contributed by atoms with Gasteiger partial charge in [-0.1, -0.05) is 0 Å². The van der Waals surface area contributed by atoms with Crippen LogP contribution >= 0.6 is 23.1 Å². The van der Waals surface area contributed by atoms with Crippen LogP contribution in [0.3, 0.4) is 0 Å². The Morgan fingerprint density at radius 3 is 2.70 bits per heavy atom. The Morgan fingerprint density at radius 2 is 1.90 bits per heavy atom. The van der Waals surface area contributed by atoms with Gasteiger partial charge >= 0.3 is 0 Å². The number of ether oxygens (including phenoxy) is 2. The first kappa shape index (κ1) is 19.2. The second-order valence-corrected chi connectivity index (χ2v) is 8.94. The Balaban J connectivity index is 1.27. The molecule has 0 bridgehead atoms. The molecule has 0 spiro atoms. The largest absolute Gasteiger partial charge is 0.486 e. The summed E-state index contributed by atoms with van der Waals surface area (Å²) >= 11 is 3.41. The monoisotopic (exact) mass is 440 g/mol. The topological polar surface area (TPSA) is 76.6 Å². The number of rotatable bonds is 4. The van der Waals surface area contributed by atoms with Gasteiger partial charge in [-0.25, -0.2) is 9.97 Å². The Bertz CT molecular complexity index is 1050. The number of carbonyl (C=O) groups is 1. The van der Waals surface area contributed by atoms with E-state index in [0.29, 0.717) is 36.1 Å². The van der Waals surface area contributed by atoms with Gasteiger partial charge in [0.25, 0.3) is 5.91 Å². The van der Waals surface area contributed by atoms with Crippen molar-refractivity contribution in [2.24, 2.45) is 0 Å². The van der Waals surface area contributed by atoms with E-state index in [1.54, 1.807) is 23.6 Å². The highest BCUT2D eigenvalue weighted by atomic mass is 32.2. The summed E-state index contributed by atoms with van der Waals surface area (Å²) in [5.74, 6) is 4.33. The van der Waals surface area contributed by atoms with Crippen molar-refractivity contribution in [1.82, 2.24) is 9.97 Å². The molecule has 30 heavy (non-hydrogen) atoms. The summed E-state index contributed by atoms with van der Waals surface area (Å²) in [4.78, 5) is 24.0. The highest BCUT2D eigenvalue weighted by Gasteiger charge is 2.17. The van der Waals surface area contributed by atoms with Crippen LogP contribution in [0.25, 0.3) is 10.6 Å². The summed E-state index contributed by atoms with van der Waals surface area (Å²) in [6, 6.07) is 9.40. The molecule has 4 heterocycles. The van der Waals surface area contributed by atoms with Crippen LogP contribution in [0.2, 0.25) is 0 Å². The first-order valence-electron chi connectivity index (χ1n) is 9.72. The second kappa shape index (κ2) is 8.53. The minimum atomic E-state index is -0.260. The molecule has 9 heteroatoms. The number of anilines is 2. The van der Waals surface area contributed by atoms with E-state index in [1.807, 2.05) is 30.1 Å². The van der Waals surface area contributed by atoms with Gasteiger partial charge < -0.3 is 19.7 Å². The van der Waals surface area contributed by atoms with Crippen molar-refractivity contribution in [3.8, 4) is 22.1 Å². The van der Waals surface area contributed by atoms with Crippen molar-refractivity contribution in [3.63, 3.8) is 0 Å². The lowest BCUT2D eigenvalue weighted by molar-refractivity contribution is 0.102. The molecular weight excluding hydrogens is 420 g/mol. The number of nitrogens with one attached hydrogen (secondary N) is 1. The Labute approximate surface area is 182 Å². The van der Waals surface area contributed by atoms with E-state index in [4.69, 9.17) is 9.47 Å². The maximum absolute atomic E-state index is 12.6. The van der Waals surface area contributed by atoms with Crippen molar-refractivity contribution in [3.05, 3.63) is 47.6 Å². The summed E-state index contributed by atoms with van der Waals surface area (Å²) in [6.45, 7) is 3.09. The predicted octanol–water partition coefficient (Wildman–Crippen LogP) is 3.78. The van der Waals surface area contributed by atoms with E-state index >= 15 is 0 Å². The molecule has 2 aromatic heterocycles. The fourth-order valence-electron chi connectivity index (χ4n) is 3.32. The van der Waals surface area contributed by atoms with E-state index in [1.165, 1.54) is 11.3 Å². The van der Waals surface area contributed by atoms with Crippen LogP contribution < -0.4 is 19.7 Å². The Kier molecular flexibility index (Phi) is 5.46. The lowest BCUT2D eigenvalue weighted by Gasteiger charge is -2.27. The average molecular weight is 441 g/mol. The van der Waals surface area contributed by atoms with Crippen LogP contribution in [-0.2, 0) is 0 Å². The molecule has 1 N–H and O–H groups in total. The third-order valence-corrected chi connectivity index (χ3v) is 6.70. The second-order valence-electron chi connectivity index (χ2n) is 6.85. The molecule has 1 amide bonds. The van der Waals surface area contributed by atoms with Gasteiger partial charge in [0.05, 0.1) is 0 Å². The van der Waals surface area contributed by atoms with E-state index in [9.17, 15) is 4.79 Å². The molecule has 3 aromatic rings. The number of thioether (sulfide) groups is 1. The molecule has 5 rings (SSSR count). The van der Waals surface area contributed by atoms with Gasteiger partial charge in [-0.2, -0.15) is 11.8 Å². The van der Waals surface area contributed by atoms with Gasteiger partial charge in [0.15, 0.2) is 11.5 Å². The molecule has 0 saturated carbocycles. The number of thiazole rings is 1. The van der Waals surface area contributed by atoms with Gasteiger partial charge in [-0.3, -0.25) is 4.79 Å². The zero-order valence-corrected chi connectivity index (χ0v) is 17.8. The van der Waals surface area contributed by atoms with E-state index < -0.39 is 0 Å². The predicted molar refractivity (Wildman–Crippen MR) is 120 cm³/mol. The number of aromatic nitrogens is 2. The third-order valence-electron chi connectivity index (χ3n) is 4.87. The third kappa shape index (κ3) is 4.08. The van der Waals surface area contributed by atoms with Crippen molar-refractivity contribution in [2.45, 2.75) is 0 Å². The normalized spacial score (nSPS) is 15.7. The highest BCUT2D eigenvalue weighted by Crippen LogP contribution is 2.33. The smallest absolute Gasteiger partial charge is 0.275 e. The molecule has 0 radical (unpaired) electrons. The first-order valence-corrected chi connectivity index (χ1v) is 11.8. The number of amides is 1. The minimum absolute atomic E-state index is 0.260. The van der Waals surface area contributed by atoms with E-state index in [2.05, 4.69) is 20.2 Å². The van der Waals surface area contributed by atoms with Crippen LogP contribution in [0.15, 0.2) is 41.9 Å². The van der Waals surface area contributed by atoms with Crippen molar-refractivity contribution in [2.75, 3.05) is 48.0 Å². The molecule has 2 aliphatic heterocycles. The quantitative estimate of drug-likeness (QED) is 0.662. The van der Waals surface area contributed by atoms with Crippen molar-refractivity contribution >= 4 is 40.5 Å². The number of pyridine rings is 1. The molecule has 7 nitrogen and oxygen atoms in total. The summed E-state index contributed by atoms with van der Waals surface area (Å²) in [5, 5.41) is 5.41. The molecular formula is C21H20N4O3S2. The van der Waals surface area contributed by atoms with Crippen LogP contribution in [0.4, 0.5) is 11.5 Å². The van der Waals surface area contributed by atoms with E-state index in [0.717, 1.165) is 41.0 Å². The Hall–Kier alpha value is -2.78. The number of benzene rings is 1. The van der Waals surface area contributed by atoms with Gasteiger partial charge in [0.1, 0.15) is 29.7 Å². The SMILES string of the molecule is O=C(Nc1ccc2c(c1)OCCO2)c1csc(-c2ccc(N3CCSCC3)nc2)n1. The molecule has 154 valence electrons. The van der Waals surface area contributed by atoms with Crippen molar-refractivity contribution in [1.29, 1.82) is 0 Å². The van der Waals surface area contributed by atoms with Crippen molar-refractivity contribution < 1.29 is 14.3 Å². The number of carbonyl (C=O) groups excluding carboxylic acids is 1. The van der Waals surface area contributed by atoms with Gasteiger partial charge in [-0.15, -0.1) is 11.3 Å². The summed E-state index contributed by atoms with van der Waals surface area (Å²) in [7, 11) is 0. The average Bonchev–Trinajstić information content (AvgIpc) is 3.30. The summed E-state index contributed by atoms with van der Waals surface area (Å²) < 4.78 is 11.1. The molecule has 0 aliphatic carbocycles. The molecule has 0 atom stereocenters. The lowest BCUT2D eigenvalue weighted by Crippen LogP contribution is -2.32. The number of fused-ring (bicyclic) bond motifs is 1. The van der Waals surface area contributed by atoms with Crippen LogP contribution in [0.1, 0.15) is 10.5 Å². The zero-order valence-electron chi connectivity index (χ0n) is 16.2. The van der Waals surface area contributed by atoms with Gasteiger partial charge in [0, 0.05) is 53.5 Å². The number of nitrogens with zero attached hydrogens (tertiary/aromatic N) is 3. The highest BCUT2D eigenvalue weighted by molar-refractivity contribution is 7.99. The molecule has 1 saturated heterocycles. The maximum atomic E-state index is 12.6. The fraction of sp³-hybridized carbons (Fsp3) is 0.286. The molecule has 1 fully saturated rings.